The third kappa shape index (κ3) is 3.75. The third-order valence-electron chi connectivity index (χ3n) is 2.78. The zero-order valence-electron chi connectivity index (χ0n) is 11.1. The van der Waals surface area contributed by atoms with E-state index in [1.165, 1.54) is 5.56 Å². The number of aromatic nitrogens is 2. The summed E-state index contributed by atoms with van der Waals surface area (Å²) in [5.74, 6) is 0.711. The van der Waals surface area contributed by atoms with Crippen molar-refractivity contribution < 1.29 is 0 Å². The molecule has 0 aliphatic heterocycles. The number of anilines is 1. The minimum absolute atomic E-state index is 0.433. The smallest absolute Gasteiger partial charge is 0.225 e. The molecule has 1 aromatic heterocycles. The summed E-state index contributed by atoms with van der Waals surface area (Å²) in [4.78, 5) is 10.9. The second-order valence-corrected chi connectivity index (χ2v) is 5.40. The number of benzene rings is 1. The molecule has 1 heterocycles. The molecular weight excluding hydrogens is 304 g/mol. The van der Waals surface area contributed by atoms with E-state index in [2.05, 4.69) is 38.0 Å². The van der Waals surface area contributed by atoms with Gasteiger partial charge in [-0.05, 0) is 30.7 Å². The molecule has 2 N–H and O–H groups in total. The molecule has 2 rings (SSSR count). The molecule has 0 aliphatic carbocycles. The zero-order chi connectivity index (χ0) is 13.8. The topological polar surface area (TPSA) is 55.0 Å². The maximum atomic E-state index is 5.64. The van der Waals surface area contributed by atoms with E-state index >= 15 is 0 Å². The molecule has 0 saturated heterocycles. The van der Waals surface area contributed by atoms with Gasteiger partial charge < -0.3 is 10.6 Å². The van der Waals surface area contributed by atoms with Crippen LogP contribution >= 0.6 is 15.9 Å². The normalized spacial score (nSPS) is 10.5. The fourth-order valence-corrected chi connectivity index (χ4v) is 2.09. The summed E-state index contributed by atoms with van der Waals surface area (Å²) in [6, 6.07) is 10.1. The van der Waals surface area contributed by atoms with Crippen LogP contribution < -0.4 is 10.6 Å². The van der Waals surface area contributed by atoms with Crippen molar-refractivity contribution in [2.24, 2.45) is 5.73 Å². The lowest BCUT2D eigenvalue weighted by Gasteiger charge is -2.18. The van der Waals surface area contributed by atoms with Gasteiger partial charge in [0.25, 0.3) is 0 Å². The van der Waals surface area contributed by atoms with Gasteiger partial charge in [-0.15, -0.1) is 0 Å². The van der Waals surface area contributed by atoms with Crippen molar-refractivity contribution in [3.05, 3.63) is 51.8 Å². The maximum absolute atomic E-state index is 5.64. The van der Waals surface area contributed by atoms with Crippen LogP contribution in [-0.4, -0.2) is 17.0 Å². The lowest BCUT2D eigenvalue weighted by atomic mass is 10.2. The van der Waals surface area contributed by atoms with E-state index in [9.17, 15) is 0 Å². The molecule has 0 unspecified atom stereocenters. The summed E-state index contributed by atoms with van der Waals surface area (Å²) in [6.45, 7) is 3.15. The lowest BCUT2D eigenvalue weighted by molar-refractivity contribution is 0.836. The summed E-state index contributed by atoms with van der Waals surface area (Å²) in [5, 5.41) is 0. The Labute approximate surface area is 121 Å². The quantitative estimate of drug-likeness (QED) is 0.941. The number of nitrogens with two attached hydrogens (primary N) is 1. The summed E-state index contributed by atoms with van der Waals surface area (Å²) in [5.41, 5.74) is 8.66. The Morgan fingerprint density at radius 2 is 1.89 bits per heavy atom. The molecule has 0 aliphatic rings. The van der Waals surface area contributed by atoms with Gasteiger partial charge in [-0.1, -0.05) is 28.1 Å². The van der Waals surface area contributed by atoms with E-state index < -0.39 is 0 Å². The molecule has 0 spiro atoms. The van der Waals surface area contributed by atoms with E-state index in [0.717, 1.165) is 22.4 Å². The standard InChI is InChI=1S/C14H17BrN4/c1-10-7-13(8-16)18-14(17-10)19(2)9-11-3-5-12(15)6-4-11/h3-7H,8-9,16H2,1-2H3. The van der Waals surface area contributed by atoms with Crippen LogP contribution in [0.3, 0.4) is 0 Å². The number of rotatable bonds is 4. The van der Waals surface area contributed by atoms with Gasteiger partial charge in [0.15, 0.2) is 0 Å². The van der Waals surface area contributed by atoms with Crippen LogP contribution in [0.1, 0.15) is 17.0 Å². The Kier molecular flexibility index (Phi) is 4.50. The van der Waals surface area contributed by atoms with Gasteiger partial charge >= 0.3 is 0 Å². The van der Waals surface area contributed by atoms with Gasteiger partial charge in [0.05, 0.1) is 5.69 Å². The van der Waals surface area contributed by atoms with E-state index in [4.69, 9.17) is 5.73 Å². The minimum Gasteiger partial charge on any atom is -0.340 e. The summed E-state index contributed by atoms with van der Waals surface area (Å²) >= 11 is 3.43. The van der Waals surface area contributed by atoms with Crippen LogP contribution in [0.5, 0.6) is 0 Å². The Hall–Kier alpha value is -1.46. The van der Waals surface area contributed by atoms with Crippen molar-refractivity contribution in [3.8, 4) is 0 Å². The Morgan fingerprint density at radius 1 is 1.21 bits per heavy atom. The molecule has 2 aromatic rings. The number of halogens is 1. The predicted octanol–water partition coefficient (Wildman–Crippen LogP) is 2.64. The van der Waals surface area contributed by atoms with Crippen molar-refractivity contribution in [1.82, 2.24) is 9.97 Å². The molecule has 0 amide bonds. The summed E-state index contributed by atoms with van der Waals surface area (Å²) in [7, 11) is 1.98. The first-order chi connectivity index (χ1) is 9.08. The largest absolute Gasteiger partial charge is 0.340 e. The zero-order valence-corrected chi connectivity index (χ0v) is 12.7. The second-order valence-electron chi connectivity index (χ2n) is 4.49. The highest BCUT2D eigenvalue weighted by molar-refractivity contribution is 9.10. The number of hydrogen-bond donors (Lipinski definition) is 1. The van der Waals surface area contributed by atoms with E-state index in [-0.39, 0.29) is 0 Å². The first kappa shape index (κ1) is 14.0. The highest BCUT2D eigenvalue weighted by atomic mass is 79.9. The van der Waals surface area contributed by atoms with Crippen molar-refractivity contribution in [3.63, 3.8) is 0 Å². The molecule has 0 saturated carbocycles. The molecule has 0 atom stereocenters. The van der Waals surface area contributed by atoms with Gasteiger partial charge in [0.2, 0.25) is 5.95 Å². The highest BCUT2D eigenvalue weighted by Gasteiger charge is 2.07. The van der Waals surface area contributed by atoms with Crippen molar-refractivity contribution in [2.45, 2.75) is 20.0 Å². The number of aryl methyl sites for hydroxylation is 1. The van der Waals surface area contributed by atoms with Crippen LogP contribution in [0.2, 0.25) is 0 Å². The number of nitrogens with zero attached hydrogens (tertiary/aromatic N) is 3. The van der Waals surface area contributed by atoms with Gasteiger partial charge in [-0.25, -0.2) is 9.97 Å². The fourth-order valence-electron chi connectivity index (χ4n) is 1.83. The Bertz CT molecular complexity index is 554. The SMILES string of the molecule is Cc1cc(CN)nc(N(C)Cc2ccc(Br)cc2)n1. The minimum atomic E-state index is 0.433. The van der Waals surface area contributed by atoms with Crippen LogP contribution in [0.4, 0.5) is 5.95 Å². The maximum Gasteiger partial charge on any atom is 0.225 e. The molecule has 0 radical (unpaired) electrons. The second kappa shape index (κ2) is 6.12. The molecule has 0 fully saturated rings. The van der Waals surface area contributed by atoms with Gasteiger partial charge in [0, 0.05) is 30.3 Å². The molecular formula is C14H17BrN4. The first-order valence-corrected chi connectivity index (χ1v) is 6.88. The van der Waals surface area contributed by atoms with Gasteiger partial charge in [-0.3, -0.25) is 0 Å². The molecule has 100 valence electrons. The van der Waals surface area contributed by atoms with Gasteiger partial charge in [0.1, 0.15) is 0 Å². The van der Waals surface area contributed by atoms with E-state index in [1.54, 1.807) is 0 Å². The lowest BCUT2D eigenvalue weighted by Crippen LogP contribution is -2.20. The fraction of sp³-hybridized carbons (Fsp3) is 0.286. The van der Waals surface area contributed by atoms with Crippen LogP contribution in [-0.2, 0) is 13.1 Å². The highest BCUT2D eigenvalue weighted by Crippen LogP contribution is 2.15. The average Bonchev–Trinajstić information content (AvgIpc) is 2.40. The molecule has 1 aromatic carbocycles. The van der Waals surface area contributed by atoms with Crippen molar-refractivity contribution in [1.29, 1.82) is 0 Å². The van der Waals surface area contributed by atoms with Crippen LogP contribution in [0, 0.1) is 6.92 Å². The first-order valence-electron chi connectivity index (χ1n) is 6.08. The molecule has 5 heteroatoms. The predicted molar refractivity (Wildman–Crippen MR) is 80.9 cm³/mol. The summed E-state index contributed by atoms with van der Waals surface area (Å²) < 4.78 is 1.08. The monoisotopic (exact) mass is 320 g/mol. The van der Waals surface area contributed by atoms with Crippen molar-refractivity contribution in [2.75, 3.05) is 11.9 Å². The van der Waals surface area contributed by atoms with Crippen LogP contribution in [0.15, 0.2) is 34.8 Å². The molecule has 19 heavy (non-hydrogen) atoms. The van der Waals surface area contributed by atoms with Crippen molar-refractivity contribution >= 4 is 21.9 Å². The molecule has 4 nitrogen and oxygen atoms in total. The average molecular weight is 321 g/mol. The van der Waals surface area contributed by atoms with Crippen LogP contribution in [0.25, 0.3) is 0 Å². The Morgan fingerprint density at radius 3 is 2.53 bits per heavy atom. The van der Waals surface area contributed by atoms with E-state index in [0.29, 0.717) is 12.5 Å². The third-order valence-corrected chi connectivity index (χ3v) is 3.31. The van der Waals surface area contributed by atoms with E-state index in [1.807, 2.05) is 37.1 Å². The van der Waals surface area contributed by atoms with Gasteiger partial charge in [-0.2, -0.15) is 0 Å². The molecule has 0 bridgehead atoms. The summed E-state index contributed by atoms with van der Waals surface area (Å²) in [6.07, 6.45) is 0. The Balaban J connectivity index is 2.17. The number of hydrogen-bond acceptors (Lipinski definition) is 4.